The summed E-state index contributed by atoms with van der Waals surface area (Å²) in [5.74, 6) is 5.82. The van der Waals surface area contributed by atoms with E-state index in [1.807, 2.05) is 0 Å². The molecule has 0 aromatic rings. The number of rotatable bonds is 8. The van der Waals surface area contributed by atoms with Crippen LogP contribution in [-0.4, -0.2) is 5.78 Å². The SMILES string of the molecule is CCCCCCC#CC(=O)CCCCC. The summed E-state index contributed by atoms with van der Waals surface area (Å²) >= 11 is 0. The summed E-state index contributed by atoms with van der Waals surface area (Å²) in [4.78, 5) is 11.2. The number of carbonyl (C=O) groups excluding carboxylic acids is 1. The van der Waals surface area contributed by atoms with Crippen LogP contribution >= 0.6 is 0 Å². The molecule has 0 aliphatic rings. The molecule has 0 rings (SSSR count). The molecule has 0 radical (unpaired) electrons. The first-order chi connectivity index (χ1) is 7.31. The summed E-state index contributed by atoms with van der Waals surface area (Å²) in [7, 11) is 0. The minimum Gasteiger partial charge on any atom is -0.285 e. The van der Waals surface area contributed by atoms with E-state index in [1.165, 1.54) is 19.3 Å². The second kappa shape index (κ2) is 11.3. The van der Waals surface area contributed by atoms with Gasteiger partial charge in [-0.15, -0.1) is 0 Å². The first kappa shape index (κ1) is 14.2. The van der Waals surface area contributed by atoms with Gasteiger partial charge in [0.1, 0.15) is 0 Å². The van der Waals surface area contributed by atoms with Gasteiger partial charge in [0, 0.05) is 12.8 Å². The van der Waals surface area contributed by atoms with Crippen molar-refractivity contribution in [1.29, 1.82) is 0 Å². The maximum Gasteiger partial charge on any atom is 0.205 e. The van der Waals surface area contributed by atoms with E-state index >= 15 is 0 Å². The Labute approximate surface area is 94.6 Å². The van der Waals surface area contributed by atoms with E-state index in [0.29, 0.717) is 6.42 Å². The smallest absolute Gasteiger partial charge is 0.205 e. The lowest BCUT2D eigenvalue weighted by Gasteiger charge is -1.93. The van der Waals surface area contributed by atoms with E-state index in [4.69, 9.17) is 0 Å². The largest absolute Gasteiger partial charge is 0.285 e. The molecule has 1 nitrogen and oxygen atoms in total. The first-order valence-electron chi connectivity index (χ1n) is 6.33. The Bertz CT molecular complexity index is 207. The zero-order valence-electron chi connectivity index (χ0n) is 10.3. The van der Waals surface area contributed by atoms with E-state index in [-0.39, 0.29) is 5.78 Å². The summed E-state index contributed by atoms with van der Waals surface area (Å²) < 4.78 is 0. The molecular formula is C14H24O. The molecule has 0 bridgehead atoms. The van der Waals surface area contributed by atoms with Gasteiger partial charge in [0.25, 0.3) is 0 Å². The van der Waals surface area contributed by atoms with Gasteiger partial charge in [0.15, 0.2) is 0 Å². The maximum atomic E-state index is 11.2. The quantitative estimate of drug-likeness (QED) is 0.333. The zero-order valence-corrected chi connectivity index (χ0v) is 10.3. The third-order valence-corrected chi connectivity index (χ3v) is 2.39. The van der Waals surface area contributed by atoms with E-state index in [1.54, 1.807) is 0 Å². The molecule has 86 valence electrons. The van der Waals surface area contributed by atoms with Crippen LogP contribution in [0.25, 0.3) is 0 Å². The second-order valence-electron chi connectivity index (χ2n) is 3.99. The van der Waals surface area contributed by atoms with Crippen LogP contribution < -0.4 is 0 Å². The number of unbranched alkanes of at least 4 members (excludes halogenated alkanes) is 6. The lowest BCUT2D eigenvalue weighted by Crippen LogP contribution is -1.92. The van der Waals surface area contributed by atoms with Crippen LogP contribution in [0.1, 0.15) is 71.6 Å². The number of hydrogen-bond donors (Lipinski definition) is 0. The van der Waals surface area contributed by atoms with Crippen LogP contribution in [-0.2, 0) is 4.79 Å². The third-order valence-electron chi connectivity index (χ3n) is 2.39. The summed E-state index contributed by atoms with van der Waals surface area (Å²) in [6, 6.07) is 0. The van der Waals surface area contributed by atoms with Crippen LogP contribution in [0.3, 0.4) is 0 Å². The van der Waals surface area contributed by atoms with Gasteiger partial charge in [-0.3, -0.25) is 4.79 Å². The molecule has 0 saturated carbocycles. The number of hydrogen-bond acceptors (Lipinski definition) is 1. The standard InChI is InChI=1S/C14H24O/c1-3-5-7-8-9-11-13-14(15)12-10-6-4-2/h3-10,12H2,1-2H3. The Morgan fingerprint density at radius 3 is 2.27 bits per heavy atom. The third kappa shape index (κ3) is 11.2. The van der Waals surface area contributed by atoms with Gasteiger partial charge in [-0.2, -0.15) is 0 Å². The average molecular weight is 208 g/mol. The normalized spacial score (nSPS) is 9.47. The average Bonchev–Trinajstić information content (AvgIpc) is 2.23. The van der Waals surface area contributed by atoms with Gasteiger partial charge >= 0.3 is 0 Å². The van der Waals surface area contributed by atoms with Crippen LogP contribution in [0.2, 0.25) is 0 Å². The molecule has 0 fully saturated rings. The van der Waals surface area contributed by atoms with Crippen molar-refractivity contribution in [2.45, 2.75) is 71.6 Å². The Morgan fingerprint density at radius 1 is 0.933 bits per heavy atom. The second-order valence-corrected chi connectivity index (χ2v) is 3.99. The van der Waals surface area contributed by atoms with Crippen molar-refractivity contribution in [3.63, 3.8) is 0 Å². The molecule has 0 spiro atoms. The molecule has 0 saturated heterocycles. The van der Waals surface area contributed by atoms with Crippen LogP contribution in [0.15, 0.2) is 0 Å². The van der Waals surface area contributed by atoms with Gasteiger partial charge in [-0.1, -0.05) is 51.9 Å². The molecule has 15 heavy (non-hydrogen) atoms. The molecule has 0 heterocycles. The van der Waals surface area contributed by atoms with Crippen molar-refractivity contribution < 1.29 is 4.79 Å². The minimum atomic E-state index is 0.124. The lowest BCUT2D eigenvalue weighted by molar-refractivity contribution is -0.113. The Hall–Kier alpha value is -0.770. The van der Waals surface area contributed by atoms with Crippen molar-refractivity contribution >= 4 is 5.78 Å². The molecule has 0 atom stereocenters. The van der Waals surface area contributed by atoms with E-state index in [9.17, 15) is 4.79 Å². The molecular weight excluding hydrogens is 184 g/mol. The molecule has 0 unspecified atom stereocenters. The number of ketones is 1. The maximum absolute atomic E-state index is 11.2. The van der Waals surface area contributed by atoms with Crippen molar-refractivity contribution in [3.05, 3.63) is 0 Å². The first-order valence-corrected chi connectivity index (χ1v) is 6.33. The monoisotopic (exact) mass is 208 g/mol. The summed E-state index contributed by atoms with van der Waals surface area (Å²) in [5, 5.41) is 0. The molecule has 0 aromatic carbocycles. The fourth-order valence-corrected chi connectivity index (χ4v) is 1.40. The van der Waals surface area contributed by atoms with Gasteiger partial charge in [0.05, 0.1) is 0 Å². The lowest BCUT2D eigenvalue weighted by atomic mass is 10.1. The Morgan fingerprint density at radius 2 is 1.60 bits per heavy atom. The minimum absolute atomic E-state index is 0.124. The van der Waals surface area contributed by atoms with E-state index < -0.39 is 0 Å². The highest BCUT2D eigenvalue weighted by Crippen LogP contribution is 2.01. The van der Waals surface area contributed by atoms with Crippen LogP contribution in [0, 0.1) is 11.8 Å². The van der Waals surface area contributed by atoms with Crippen molar-refractivity contribution in [2.24, 2.45) is 0 Å². The molecule has 0 N–H and O–H groups in total. The fourth-order valence-electron chi connectivity index (χ4n) is 1.40. The van der Waals surface area contributed by atoms with Gasteiger partial charge in [-0.05, 0) is 18.8 Å². The molecule has 0 amide bonds. The predicted molar refractivity (Wildman–Crippen MR) is 65.7 cm³/mol. The number of Topliss-reactive ketones (excluding diaryl/α,β-unsaturated/α-hetero) is 1. The van der Waals surface area contributed by atoms with Gasteiger partial charge in [-0.25, -0.2) is 0 Å². The van der Waals surface area contributed by atoms with Crippen molar-refractivity contribution in [3.8, 4) is 11.8 Å². The molecule has 0 aliphatic heterocycles. The summed E-state index contributed by atoms with van der Waals surface area (Å²) in [6.07, 6.45) is 9.77. The topological polar surface area (TPSA) is 17.1 Å². The summed E-state index contributed by atoms with van der Waals surface area (Å²) in [6.45, 7) is 4.34. The van der Waals surface area contributed by atoms with Crippen molar-refractivity contribution in [1.82, 2.24) is 0 Å². The highest BCUT2D eigenvalue weighted by Gasteiger charge is 1.94. The highest BCUT2D eigenvalue weighted by atomic mass is 16.1. The predicted octanol–water partition coefficient (Wildman–Crippen LogP) is 4.11. The fraction of sp³-hybridized carbons (Fsp3) is 0.786. The van der Waals surface area contributed by atoms with Crippen molar-refractivity contribution in [2.75, 3.05) is 0 Å². The van der Waals surface area contributed by atoms with Gasteiger partial charge < -0.3 is 0 Å². The Balaban J connectivity index is 3.37. The van der Waals surface area contributed by atoms with E-state index in [0.717, 1.165) is 32.1 Å². The number of carbonyl (C=O) groups is 1. The van der Waals surface area contributed by atoms with E-state index in [2.05, 4.69) is 25.7 Å². The molecule has 1 heteroatoms. The highest BCUT2D eigenvalue weighted by molar-refractivity contribution is 5.95. The van der Waals surface area contributed by atoms with Gasteiger partial charge in [0.2, 0.25) is 5.78 Å². The molecule has 0 aliphatic carbocycles. The Kier molecular flexibility index (Phi) is 10.7. The van der Waals surface area contributed by atoms with Crippen LogP contribution in [0.4, 0.5) is 0 Å². The van der Waals surface area contributed by atoms with Crippen LogP contribution in [0.5, 0.6) is 0 Å². The molecule has 0 aromatic heterocycles. The summed E-state index contributed by atoms with van der Waals surface area (Å²) in [5.41, 5.74) is 0. The zero-order chi connectivity index (χ0) is 11.4.